The monoisotopic (exact) mass is 364 g/mol. The number of rotatable bonds is 6. The number of carbonyl (C=O) groups excluding carboxylic acids is 1. The molecule has 0 aliphatic rings. The van der Waals surface area contributed by atoms with Crippen molar-refractivity contribution in [3.8, 4) is 0 Å². The van der Waals surface area contributed by atoms with E-state index in [1.807, 2.05) is 36.5 Å². The third-order valence-corrected chi connectivity index (χ3v) is 4.69. The maximum absolute atomic E-state index is 14.2. The van der Waals surface area contributed by atoms with Gasteiger partial charge in [0.1, 0.15) is 11.6 Å². The van der Waals surface area contributed by atoms with E-state index < -0.39 is 0 Å². The van der Waals surface area contributed by atoms with Crippen LogP contribution in [0.25, 0.3) is 21.8 Å². The van der Waals surface area contributed by atoms with Crippen molar-refractivity contribution < 1.29 is 9.18 Å². The first kappa shape index (κ1) is 17.1. The van der Waals surface area contributed by atoms with Gasteiger partial charge in [0.25, 0.3) is 0 Å². The zero-order valence-electron chi connectivity index (χ0n) is 15.0. The summed E-state index contributed by atoms with van der Waals surface area (Å²) in [6.07, 6.45) is 2.54. The van der Waals surface area contributed by atoms with Crippen molar-refractivity contribution >= 4 is 33.5 Å². The highest BCUT2D eigenvalue weighted by Gasteiger charge is 2.11. The van der Waals surface area contributed by atoms with Gasteiger partial charge in [0, 0.05) is 42.5 Å². The fourth-order valence-electron chi connectivity index (χ4n) is 3.40. The Morgan fingerprint density at radius 3 is 2.81 bits per heavy atom. The van der Waals surface area contributed by atoms with Crippen molar-refractivity contribution in [3.05, 3.63) is 65.6 Å². The molecule has 4 N–H and O–H groups in total. The maximum atomic E-state index is 14.2. The summed E-state index contributed by atoms with van der Waals surface area (Å²) < 4.78 is 14.2. The lowest BCUT2D eigenvalue weighted by molar-refractivity contribution is -0.118. The molecule has 0 spiro atoms. The van der Waals surface area contributed by atoms with Crippen molar-refractivity contribution in [2.75, 3.05) is 11.9 Å². The van der Waals surface area contributed by atoms with E-state index in [2.05, 4.69) is 20.6 Å². The number of anilines is 1. The minimum absolute atomic E-state index is 0.0655. The normalized spacial score (nSPS) is 11.2. The molecular formula is C21H21FN4O. The molecule has 0 aliphatic heterocycles. The van der Waals surface area contributed by atoms with Crippen LogP contribution in [0.4, 0.5) is 10.2 Å². The van der Waals surface area contributed by atoms with Crippen LogP contribution in [0.15, 0.2) is 48.7 Å². The largest absolute Gasteiger partial charge is 0.367 e. The van der Waals surface area contributed by atoms with Gasteiger partial charge in [-0.15, -0.1) is 0 Å². The van der Waals surface area contributed by atoms with E-state index in [4.69, 9.17) is 0 Å². The van der Waals surface area contributed by atoms with Crippen LogP contribution >= 0.6 is 0 Å². The number of H-pyrrole nitrogens is 2. The third kappa shape index (κ3) is 3.65. The molecule has 0 saturated heterocycles. The van der Waals surface area contributed by atoms with Crippen LogP contribution in [0, 0.1) is 5.82 Å². The molecule has 4 rings (SSSR count). The van der Waals surface area contributed by atoms with E-state index in [1.165, 1.54) is 6.92 Å². The average Bonchev–Trinajstić information content (AvgIpc) is 3.23. The molecule has 0 unspecified atom stereocenters. The summed E-state index contributed by atoms with van der Waals surface area (Å²) in [6.45, 7) is 2.51. The van der Waals surface area contributed by atoms with Crippen LogP contribution in [-0.2, 0) is 17.8 Å². The van der Waals surface area contributed by atoms with Crippen molar-refractivity contribution in [1.82, 2.24) is 15.3 Å². The van der Waals surface area contributed by atoms with E-state index in [0.717, 1.165) is 38.8 Å². The SMILES string of the molecule is CC(=O)NCCc1c[nH]c2c(CNc3cc4ccccc4[nH]3)cc(F)cc12. The first-order valence-electron chi connectivity index (χ1n) is 8.94. The van der Waals surface area contributed by atoms with Crippen LogP contribution in [0.3, 0.4) is 0 Å². The third-order valence-electron chi connectivity index (χ3n) is 4.69. The summed E-state index contributed by atoms with van der Waals surface area (Å²) in [4.78, 5) is 17.6. The predicted octanol–water partition coefficient (Wildman–Crippen LogP) is 4.08. The highest BCUT2D eigenvalue weighted by molar-refractivity contribution is 5.87. The minimum Gasteiger partial charge on any atom is -0.367 e. The number of hydrogen-bond acceptors (Lipinski definition) is 2. The summed E-state index contributed by atoms with van der Waals surface area (Å²) in [5.74, 6) is 0.562. The number of aromatic nitrogens is 2. The molecule has 138 valence electrons. The first-order valence-corrected chi connectivity index (χ1v) is 8.94. The van der Waals surface area contributed by atoms with Crippen molar-refractivity contribution in [3.63, 3.8) is 0 Å². The van der Waals surface area contributed by atoms with Gasteiger partial charge in [0.2, 0.25) is 5.91 Å². The standard InChI is InChI=1S/C21H21FN4O/c1-13(27)23-7-6-15-11-25-21-16(8-17(22)10-18(15)21)12-24-20-9-14-4-2-3-5-19(14)26-20/h2-5,8-11,24-26H,6-7,12H2,1H3,(H,23,27). The second-order valence-electron chi connectivity index (χ2n) is 6.66. The Morgan fingerprint density at radius 1 is 1.15 bits per heavy atom. The van der Waals surface area contributed by atoms with Gasteiger partial charge in [-0.3, -0.25) is 4.79 Å². The Morgan fingerprint density at radius 2 is 2.00 bits per heavy atom. The molecule has 6 heteroatoms. The number of amides is 1. The number of fused-ring (bicyclic) bond motifs is 2. The smallest absolute Gasteiger partial charge is 0.216 e. The van der Waals surface area contributed by atoms with Crippen molar-refractivity contribution in [2.45, 2.75) is 19.9 Å². The number of aromatic amines is 2. The van der Waals surface area contributed by atoms with Crippen molar-refractivity contribution in [1.29, 1.82) is 0 Å². The average molecular weight is 364 g/mol. The van der Waals surface area contributed by atoms with Gasteiger partial charge in [-0.1, -0.05) is 18.2 Å². The number of carbonyl (C=O) groups is 1. The van der Waals surface area contributed by atoms with Crippen LogP contribution in [0.2, 0.25) is 0 Å². The van der Waals surface area contributed by atoms with Gasteiger partial charge in [-0.05, 0) is 41.8 Å². The number of benzene rings is 2. The second-order valence-corrected chi connectivity index (χ2v) is 6.66. The maximum Gasteiger partial charge on any atom is 0.216 e. The van der Waals surface area contributed by atoms with E-state index in [9.17, 15) is 9.18 Å². The lowest BCUT2D eigenvalue weighted by atomic mass is 10.1. The molecule has 4 aromatic rings. The molecule has 0 aliphatic carbocycles. The molecular weight excluding hydrogens is 343 g/mol. The fraction of sp³-hybridized carbons (Fsp3) is 0.190. The Hall–Kier alpha value is -3.28. The van der Waals surface area contributed by atoms with Gasteiger partial charge in [0.05, 0.1) is 5.52 Å². The molecule has 0 radical (unpaired) electrons. The van der Waals surface area contributed by atoms with Crippen LogP contribution in [0.5, 0.6) is 0 Å². The summed E-state index contributed by atoms with van der Waals surface area (Å²) >= 11 is 0. The van der Waals surface area contributed by atoms with Gasteiger partial charge in [-0.25, -0.2) is 4.39 Å². The van der Waals surface area contributed by atoms with E-state index in [1.54, 1.807) is 12.1 Å². The second kappa shape index (κ2) is 7.15. The molecule has 0 bridgehead atoms. The summed E-state index contributed by atoms with van der Waals surface area (Å²) in [7, 11) is 0. The van der Waals surface area contributed by atoms with E-state index in [-0.39, 0.29) is 11.7 Å². The first-order chi connectivity index (χ1) is 13.1. The quantitative estimate of drug-likeness (QED) is 0.416. The summed E-state index contributed by atoms with van der Waals surface area (Å²) in [6, 6.07) is 13.2. The van der Waals surface area contributed by atoms with Gasteiger partial charge >= 0.3 is 0 Å². The highest BCUT2D eigenvalue weighted by Crippen LogP contribution is 2.25. The van der Waals surface area contributed by atoms with Crippen LogP contribution in [0.1, 0.15) is 18.1 Å². The summed E-state index contributed by atoms with van der Waals surface area (Å²) in [5.41, 5.74) is 3.82. The lowest BCUT2D eigenvalue weighted by Crippen LogP contribution is -2.22. The molecule has 2 aromatic carbocycles. The van der Waals surface area contributed by atoms with Crippen molar-refractivity contribution in [2.24, 2.45) is 0 Å². The molecule has 5 nitrogen and oxygen atoms in total. The van der Waals surface area contributed by atoms with E-state index in [0.29, 0.717) is 19.5 Å². The molecule has 0 fully saturated rings. The Bertz CT molecular complexity index is 1080. The van der Waals surface area contributed by atoms with E-state index >= 15 is 0 Å². The number of hydrogen-bond donors (Lipinski definition) is 4. The van der Waals surface area contributed by atoms with Crippen LogP contribution < -0.4 is 10.6 Å². The predicted molar refractivity (Wildman–Crippen MR) is 106 cm³/mol. The van der Waals surface area contributed by atoms with Gasteiger partial charge in [-0.2, -0.15) is 0 Å². The number of para-hydroxylation sites is 1. The molecule has 2 aromatic heterocycles. The Kier molecular flexibility index (Phi) is 4.54. The Labute approximate surface area is 156 Å². The molecule has 0 saturated carbocycles. The zero-order chi connectivity index (χ0) is 18.8. The fourth-order valence-corrected chi connectivity index (χ4v) is 3.40. The van der Waals surface area contributed by atoms with Crippen LogP contribution in [-0.4, -0.2) is 22.4 Å². The zero-order valence-corrected chi connectivity index (χ0v) is 15.0. The Balaban J connectivity index is 1.55. The molecule has 1 amide bonds. The lowest BCUT2D eigenvalue weighted by Gasteiger charge is -2.07. The molecule has 2 heterocycles. The summed E-state index contributed by atoms with van der Waals surface area (Å²) in [5, 5.41) is 8.10. The van der Waals surface area contributed by atoms with Gasteiger partial charge in [0.15, 0.2) is 0 Å². The number of nitrogens with one attached hydrogen (secondary N) is 4. The minimum atomic E-state index is -0.267. The topological polar surface area (TPSA) is 72.7 Å². The van der Waals surface area contributed by atoms with Gasteiger partial charge < -0.3 is 20.6 Å². The molecule has 0 atom stereocenters. The molecule has 27 heavy (non-hydrogen) atoms. The number of halogens is 1. The highest BCUT2D eigenvalue weighted by atomic mass is 19.1.